The molecule has 3 aromatic rings. The molecule has 0 amide bonds. The van der Waals surface area contributed by atoms with Gasteiger partial charge in [-0.1, -0.05) is 6.08 Å². The summed E-state index contributed by atoms with van der Waals surface area (Å²) in [5.41, 5.74) is 2.02. The van der Waals surface area contributed by atoms with Crippen LogP contribution >= 0.6 is 0 Å². The lowest BCUT2D eigenvalue weighted by atomic mass is 10.0. The molecule has 1 unspecified atom stereocenters. The summed E-state index contributed by atoms with van der Waals surface area (Å²) in [4.78, 5) is 24.0. The van der Waals surface area contributed by atoms with Crippen LogP contribution in [0.1, 0.15) is 11.1 Å². The SMILES string of the molecule is Cc1cc(=O)c2c(c3cc4ccn(C)c4cc13)N(O)C(C(=O)O)C=C2. The minimum Gasteiger partial charge on any atom is -0.479 e. The van der Waals surface area contributed by atoms with Crippen LogP contribution in [-0.2, 0) is 11.8 Å². The molecule has 0 saturated carbocycles. The number of carbonyl (C=O) groups is 1. The molecule has 4 rings (SSSR count). The van der Waals surface area contributed by atoms with E-state index in [9.17, 15) is 19.9 Å². The quantitative estimate of drug-likeness (QED) is 0.714. The fourth-order valence-corrected chi connectivity index (χ4v) is 3.46. The summed E-state index contributed by atoms with van der Waals surface area (Å²) >= 11 is 0. The number of nitrogens with zero attached hydrogens (tertiary/aromatic N) is 2. The van der Waals surface area contributed by atoms with Crippen molar-refractivity contribution in [1.82, 2.24) is 4.57 Å². The van der Waals surface area contributed by atoms with Crippen molar-refractivity contribution in [3.05, 3.63) is 57.9 Å². The first kappa shape index (κ1) is 15.4. The zero-order chi connectivity index (χ0) is 17.9. The maximum absolute atomic E-state index is 12.6. The Morgan fingerprint density at radius 3 is 2.68 bits per heavy atom. The number of carboxylic acids is 1. The molecule has 1 aromatic heterocycles. The van der Waals surface area contributed by atoms with Crippen molar-refractivity contribution in [2.24, 2.45) is 7.05 Å². The number of hydroxylamine groups is 1. The number of anilines is 1. The monoisotopic (exact) mass is 336 g/mol. The van der Waals surface area contributed by atoms with Crippen molar-refractivity contribution in [3.63, 3.8) is 0 Å². The van der Waals surface area contributed by atoms with E-state index in [2.05, 4.69) is 0 Å². The maximum Gasteiger partial charge on any atom is 0.332 e. The molecule has 2 heterocycles. The van der Waals surface area contributed by atoms with Crippen molar-refractivity contribution in [2.75, 3.05) is 5.06 Å². The molecule has 1 atom stereocenters. The van der Waals surface area contributed by atoms with E-state index in [1.807, 2.05) is 42.9 Å². The zero-order valence-corrected chi connectivity index (χ0v) is 13.7. The van der Waals surface area contributed by atoms with Gasteiger partial charge in [0.05, 0.1) is 5.69 Å². The first-order valence-electron chi connectivity index (χ1n) is 7.84. The molecule has 6 heteroatoms. The van der Waals surface area contributed by atoms with Gasteiger partial charge < -0.3 is 9.67 Å². The molecule has 6 nitrogen and oxygen atoms in total. The standard InChI is InChI=1S/C19H16N2O4/c1-10-7-17(22)12-3-4-15(19(23)24)21(25)18(12)14-8-11-5-6-20(2)16(11)9-13(10)14/h3-9,15,25H,1-2H3,(H,23,24). The Bertz CT molecular complexity index is 1140. The normalized spacial score (nSPS) is 16.4. The molecule has 0 radical (unpaired) electrons. The fraction of sp³-hybridized carbons (Fsp3) is 0.158. The number of aromatic nitrogens is 1. The Morgan fingerprint density at radius 2 is 1.96 bits per heavy atom. The van der Waals surface area contributed by atoms with Crippen LogP contribution in [-0.4, -0.2) is 26.9 Å². The largest absolute Gasteiger partial charge is 0.479 e. The van der Waals surface area contributed by atoms with Gasteiger partial charge in [0.1, 0.15) is 0 Å². The van der Waals surface area contributed by atoms with E-state index in [1.165, 1.54) is 18.2 Å². The summed E-state index contributed by atoms with van der Waals surface area (Å²) in [6, 6.07) is 6.08. The fourth-order valence-electron chi connectivity index (χ4n) is 3.46. The second-order valence-electron chi connectivity index (χ2n) is 6.32. The van der Waals surface area contributed by atoms with Gasteiger partial charge in [-0.05, 0) is 48.2 Å². The van der Waals surface area contributed by atoms with Crippen LogP contribution in [0, 0.1) is 6.92 Å². The van der Waals surface area contributed by atoms with Gasteiger partial charge in [0, 0.05) is 35.1 Å². The van der Waals surface area contributed by atoms with Crippen LogP contribution in [0.25, 0.3) is 27.8 Å². The van der Waals surface area contributed by atoms with Crippen molar-refractivity contribution < 1.29 is 15.1 Å². The van der Waals surface area contributed by atoms with Gasteiger partial charge in [-0.15, -0.1) is 0 Å². The molecular formula is C19H16N2O4. The van der Waals surface area contributed by atoms with Crippen LogP contribution in [0.2, 0.25) is 0 Å². The third-order valence-corrected chi connectivity index (χ3v) is 4.76. The summed E-state index contributed by atoms with van der Waals surface area (Å²) in [6.45, 7) is 1.84. The first-order valence-corrected chi connectivity index (χ1v) is 7.84. The topological polar surface area (TPSA) is 82.8 Å². The van der Waals surface area contributed by atoms with Crippen LogP contribution < -0.4 is 10.5 Å². The van der Waals surface area contributed by atoms with Crippen molar-refractivity contribution in [3.8, 4) is 0 Å². The van der Waals surface area contributed by atoms with E-state index in [0.29, 0.717) is 10.4 Å². The molecule has 0 spiro atoms. The lowest BCUT2D eigenvalue weighted by Crippen LogP contribution is -2.40. The summed E-state index contributed by atoms with van der Waals surface area (Å²) in [5.74, 6) is -1.19. The van der Waals surface area contributed by atoms with E-state index in [-0.39, 0.29) is 16.7 Å². The molecule has 0 saturated heterocycles. The highest BCUT2D eigenvalue weighted by Crippen LogP contribution is 2.36. The highest BCUT2D eigenvalue weighted by Gasteiger charge is 2.29. The highest BCUT2D eigenvalue weighted by atomic mass is 16.5. The number of hydrogen-bond acceptors (Lipinski definition) is 4. The van der Waals surface area contributed by atoms with Gasteiger partial charge in [-0.25, -0.2) is 9.86 Å². The molecule has 2 aromatic carbocycles. The Hall–Kier alpha value is -3.12. The predicted octanol–water partition coefficient (Wildman–Crippen LogP) is 2.68. The maximum atomic E-state index is 12.6. The summed E-state index contributed by atoms with van der Waals surface area (Å²) in [7, 11) is 1.93. The Labute approximate surface area is 142 Å². The van der Waals surface area contributed by atoms with Gasteiger partial charge in [-0.3, -0.25) is 10.0 Å². The van der Waals surface area contributed by atoms with Gasteiger partial charge >= 0.3 is 5.97 Å². The first-order chi connectivity index (χ1) is 11.9. The second-order valence-corrected chi connectivity index (χ2v) is 6.32. The number of rotatable bonds is 1. The molecule has 1 aliphatic heterocycles. The van der Waals surface area contributed by atoms with E-state index in [4.69, 9.17) is 0 Å². The number of aliphatic carboxylic acids is 1. The van der Waals surface area contributed by atoms with Crippen molar-refractivity contribution in [1.29, 1.82) is 0 Å². The number of aryl methyl sites for hydroxylation is 2. The van der Waals surface area contributed by atoms with Crippen molar-refractivity contribution in [2.45, 2.75) is 13.0 Å². The third-order valence-electron chi connectivity index (χ3n) is 4.76. The number of fused-ring (bicyclic) bond motifs is 4. The number of carboxylic acid groups (broad SMARTS) is 1. The molecule has 0 aliphatic carbocycles. The number of benzene rings is 1. The lowest BCUT2D eigenvalue weighted by Gasteiger charge is -2.27. The van der Waals surface area contributed by atoms with Gasteiger partial charge in [0.15, 0.2) is 11.5 Å². The molecular weight excluding hydrogens is 320 g/mol. The Balaban J connectivity index is 2.22. The Kier molecular flexibility index (Phi) is 3.20. The van der Waals surface area contributed by atoms with E-state index < -0.39 is 12.0 Å². The second kappa shape index (κ2) is 5.19. The van der Waals surface area contributed by atoms with Gasteiger partial charge in [-0.2, -0.15) is 0 Å². The van der Waals surface area contributed by atoms with E-state index >= 15 is 0 Å². The summed E-state index contributed by atoms with van der Waals surface area (Å²) in [6.07, 6.45) is 4.73. The average molecular weight is 336 g/mol. The van der Waals surface area contributed by atoms with Crippen LogP contribution in [0.3, 0.4) is 0 Å². The Morgan fingerprint density at radius 1 is 1.20 bits per heavy atom. The van der Waals surface area contributed by atoms with Gasteiger partial charge in [0.2, 0.25) is 0 Å². The predicted molar refractivity (Wildman–Crippen MR) is 96.2 cm³/mol. The molecule has 1 aliphatic rings. The summed E-state index contributed by atoms with van der Waals surface area (Å²) < 4.78 is 1.97. The lowest BCUT2D eigenvalue weighted by molar-refractivity contribution is -0.138. The van der Waals surface area contributed by atoms with Crippen LogP contribution in [0.4, 0.5) is 5.69 Å². The zero-order valence-electron chi connectivity index (χ0n) is 13.7. The van der Waals surface area contributed by atoms with Crippen LogP contribution in [0.5, 0.6) is 0 Å². The molecule has 0 bridgehead atoms. The average Bonchev–Trinajstić information content (AvgIpc) is 2.88. The van der Waals surface area contributed by atoms with Gasteiger partial charge in [0.25, 0.3) is 0 Å². The minimum absolute atomic E-state index is 0.230. The molecule has 2 N–H and O–H groups in total. The van der Waals surface area contributed by atoms with Crippen molar-refractivity contribution >= 4 is 39.4 Å². The molecule has 0 fully saturated rings. The molecule has 126 valence electrons. The van der Waals surface area contributed by atoms with E-state index in [1.54, 1.807) is 0 Å². The van der Waals surface area contributed by atoms with Crippen LogP contribution in [0.15, 0.2) is 41.3 Å². The highest BCUT2D eigenvalue weighted by molar-refractivity contribution is 6.07. The smallest absolute Gasteiger partial charge is 0.332 e. The number of hydrogen-bond donors (Lipinski definition) is 2. The molecule has 25 heavy (non-hydrogen) atoms. The minimum atomic E-state index is -1.23. The third kappa shape index (κ3) is 2.15. The summed E-state index contributed by atoms with van der Waals surface area (Å²) in [5, 5.41) is 23.0. The van der Waals surface area contributed by atoms with E-state index in [0.717, 1.165) is 21.9 Å².